The lowest BCUT2D eigenvalue weighted by molar-refractivity contribution is -0.385. The number of nitro benzene ring substituents is 2. The largest absolute Gasteiger partial charge is 0.282 e. The molecule has 2 aromatic carbocycles. The van der Waals surface area contributed by atoms with Crippen LogP contribution in [0.25, 0.3) is 0 Å². The molecule has 3 amide bonds. The van der Waals surface area contributed by atoms with Crippen LogP contribution in [-0.2, 0) is 16.1 Å². The van der Waals surface area contributed by atoms with Gasteiger partial charge in [0.25, 0.3) is 29.1 Å². The quantitative estimate of drug-likeness (QED) is 0.253. The van der Waals surface area contributed by atoms with Crippen molar-refractivity contribution in [2.24, 2.45) is 11.8 Å². The highest BCUT2D eigenvalue weighted by Crippen LogP contribution is 2.39. The summed E-state index contributed by atoms with van der Waals surface area (Å²) in [6.45, 7) is 1.28. The maximum Gasteiger partial charge on any atom is 0.282 e. The third-order valence-electron chi connectivity index (χ3n) is 6.17. The molecule has 1 aliphatic carbocycles. The summed E-state index contributed by atoms with van der Waals surface area (Å²) in [6, 6.07) is 8.87. The highest BCUT2D eigenvalue weighted by atomic mass is 35.5. The third kappa shape index (κ3) is 4.37. The summed E-state index contributed by atoms with van der Waals surface area (Å²) in [7, 11) is 0. The van der Waals surface area contributed by atoms with Gasteiger partial charge in [0, 0.05) is 17.2 Å². The molecular formula is C23H19ClN4O7. The predicted molar refractivity (Wildman–Crippen MR) is 123 cm³/mol. The summed E-state index contributed by atoms with van der Waals surface area (Å²) in [5.74, 6) is -3.64. The second-order valence-electron chi connectivity index (χ2n) is 8.36. The fraction of sp³-hybridized carbons (Fsp3) is 0.261. The highest BCUT2D eigenvalue weighted by molar-refractivity contribution is 6.30. The number of carbonyl (C=O) groups excluding carboxylic acids is 3. The van der Waals surface area contributed by atoms with Gasteiger partial charge in [0.15, 0.2) is 0 Å². The average molecular weight is 499 g/mol. The predicted octanol–water partition coefficient (Wildman–Crippen LogP) is 4.06. The number of nitro groups is 2. The van der Waals surface area contributed by atoms with E-state index in [9.17, 15) is 34.6 Å². The number of fused-ring (bicyclic) bond motifs is 1. The number of halogens is 1. The number of hydrogen-bond acceptors (Lipinski definition) is 7. The minimum absolute atomic E-state index is 0.00360. The molecule has 35 heavy (non-hydrogen) atoms. The first-order chi connectivity index (χ1) is 16.6. The summed E-state index contributed by atoms with van der Waals surface area (Å²) in [4.78, 5) is 62.0. The lowest BCUT2D eigenvalue weighted by atomic mass is 9.82. The Morgan fingerprint density at radius 3 is 2.40 bits per heavy atom. The van der Waals surface area contributed by atoms with E-state index in [1.165, 1.54) is 30.3 Å². The van der Waals surface area contributed by atoms with Crippen molar-refractivity contribution in [3.05, 3.63) is 90.5 Å². The SMILES string of the molecule is CC1=CC[C@H]2C(=O)N(N(Cc3ccc(Cl)cc3[N+](=O)[O-])C(=O)c3ccccc3[N+](=O)[O-])C(=O)[C@H]2C1. The zero-order chi connectivity index (χ0) is 25.4. The topological polar surface area (TPSA) is 144 Å². The van der Waals surface area contributed by atoms with Crippen LogP contribution < -0.4 is 0 Å². The molecule has 4 rings (SSSR count). The molecular weight excluding hydrogens is 480 g/mol. The smallest absolute Gasteiger partial charge is 0.272 e. The second kappa shape index (κ2) is 9.26. The number of imide groups is 1. The van der Waals surface area contributed by atoms with Crippen LogP contribution in [0.3, 0.4) is 0 Å². The number of allylic oxidation sites excluding steroid dienone is 2. The van der Waals surface area contributed by atoms with Crippen molar-refractivity contribution in [2.75, 3.05) is 0 Å². The van der Waals surface area contributed by atoms with Crippen molar-refractivity contribution >= 4 is 40.7 Å². The molecule has 0 spiro atoms. The molecule has 180 valence electrons. The summed E-state index contributed by atoms with van der Waals surface area (Å²) in [5.41, 5.74) is -0.386. The van der Waals surface area contributed by atoms with Gasteiger partial charge in [0.2, 0.25) is 0 Å². The van der Waals surface area contributed by atoms with Crippen molar-refractivity contribution in [1.29, 1.82) is 0 Å². The number of hydrogen-bond donors (Lipinski definition) is 0. The van der Waals surface area contributed by atoms with E-state index in [2.05, 4.69) is 0 Å². The number of para-hydroxylation sites is 1. The number of benzene rings is 2. The maximum absolute atomic E-state index is 13.6. The van der Waals surface area contributed by atoms with Gasteiger partial charge in [-0.3, -0.25) is 34.6 Å². The van der Waals surface area contributed by atoms with Crippen molar-refractivity contribution < 1.29 is 24.2 Å². The molecule has 0 bridgehead atoms. The van der Waals surface area contributed by atoms with E-state index in [4.69, 9.17) is 11.6 Å². The maximum atomic E-state index is 13.6. The molecule has 0 N–H and O–H groups in total. The number of amides is 3. The van der Waals surface area contributed by atoms with Gasteiger partial charge in [-0.1, -0.05) is 35.4 Å². The molecule has 1 fully saturated rings. The van der Waals surface area contributed by atoms with Crippen LogP contribution in [0.1, 0.15) is 35.7 Å². The van der Waals surface area contributed by atoms with Gasteiger partial charge >= 0.3 is 0 Å². The van der Waals surface area contributed by atoms with E-state index in [1.807, 2.05) is 13.0 Å². The zero-order valence-corrected chi connectivity index (χ0v) is 19.2. The minimum atomic E-state index is -1.01. The molecule has 2 aliphatic rings. The van der Waals surface area contributed by atoms with Gasteiger partial charge in [-0.15, -0.1) is 0 Å². The Balaban J connectivity index is 1.82. The molecule has 11 nitrogen and oxygen atoms in total. The van der Waals surface area contributed by atoms with Crippen LogP contribution in [0, 0.1) is 32.1 Å². The fourth-order valence-electron chi connectivity index (χ4n) is 4.45. The summed E-state index contributed by atoms with van der Waals surface area (Å²) >= 11 is 5.90. The van der Waals surface area contributed by atoms with Crippen LogP contribution in [0.2, 0.25) is 5.02 Å². The van der Waals surface area contributed by atoms with Gasteiger partial charge in [-0.05, 0) is 38.0 Å². The van der Waals surface area contributed by atoms with E-state index < -0.39 is 57.3 Å². The first-order valence-electron chi connectivity index (χ1n) is 10.6. The summed E-state index contributed by atoms with van der Waals surface area (Å²) in [6.07, 6.45) is 2.50. The lowest BCUT2D eigenvalue weighted by Gasteiger charge is -2.30. The monoisotopic (exact) mass is 498 g/mol. The van der Waals surface area contributed by atoms with E-state index in [0.29, 0.717) is 17.9 Å². The Morgan fingerprint density at radius 2 is 1.71 bits per heavy atom. The van der Waals surface area contributed by atoms with Crippen molar-refractivity contribution in [2.45, 2.75) is 26.3 Å². The standard InChI is InChI=1S/C23H19ClN4O7/c1-13-6-9-16-18(10-13)23(31)26(22(16)30)25(12-14-7-8-15(24)11-20(14)28(34)35)21(29)17-4-2-3-5-19(17)27(32)33/h2-8,11,16,18H,9-10,12H2,1H3/t16-,18+/m1/s1. The van der Waals surface area contributed by atoms with E-state index >= 15 is 0 Å². The Labute approximate surface area is 203 Å². The Hall–Kier alpha value is -4.12. The number of hydrazine groups is 1. The number of nitrogens with zero attached hydrogens (tertiary/aromatic N) is 4. The molecule has 2 aromatic rings. The molecule has 2 atom stereocenters. The van der Waals surface area contributed by atoms with Gasteiger partial charge in [-0.2, -0.15) is 5.01 Å². The van der Waals surface area contributed by atoms with Crippen molar-refractivity contribution in [1.82, 2.24) is 10.0 Å². The molecule has 0 radical (unpaired) electrons. The van der Waals surface area contributed by atoms with Crippen LogP contribution in [-0.4, -0.2) is 37.6 Å². The van der Waals surface area contributed by atoms with Gasteiger partial charge < -0.3 is 0 Å². The van der Waals surface area contributed by atoms with Gasteiger partial charge in [0.05, 0.1) is 33.8 Å². The van der Waals surface area contributed by atoms with Crippen molar-refractivity contribution in [3.63, 3.8) is 0 Å². The van der Waals surface area contributed by atoms with Crippen LogP contribution in [0.4, 0.5) is 11.4 Å². The Morgan fingerprint density at radius 1 is 1.06 bits per heavy atom. The first kappa shape index (κ1) is 24.0. The molecule has 0 saturated carbocycles. The van der Waals surface area contributed by atoms with Gasteiger partial charge in [0.1, 0.15) is 5.56 Å². The summed E-state index contributed by atoms with van der Waals surface area (Å²) < 4.78 is 0. The van der Waals surface area contributed by atoms with Gasteiger partial charge in [-0.25, -0.2) is 5.01 Å². The molecule has 1 heterocycles. The zero-order valence-electron chi connectivity index (χ0n) is 18.4. The van der Waals surface area contributed by atoms with E-state index in [0.717, 1.165) is 22.7 Å². The second-order valence-corrected chi connectivity index (χ2v) is 8.80. The first-order valence-corrected chi connectivity index (χ1v) is 11.0. The average Bonchev–Trinajstić information content (AvgIpc) is 3.06. The Bertz CT molecular complexity index is 1310. The lowest BCUT2D eigenvalue weighted by Crippen LogP contribution is -2.50. The normalized spacial score (nSPS) is 19.3. The van der Waals surface area contributed by atoms with E-state index in [-0.39, 0.29) is 16.1 Å². The van der Waals surface area contributed by atoms with Crippen molar-refractivity contribution in [3.8, 4) is 0 Å². The number of carbonyl (C=O) groups is 3. The molecule has 0 aromatic heterocycles. The highest BCUT2D eigenvalue weighted by Gasteiger charge is 2.52. The fourth-order valence-corrected chi connectivity index (χ4v) is 4.61. The molecule has 12 heteroatoms. The Kier molecular flexibility index (Phi) is 6.35. The van der Waals surface area contributed by atoms with Crippen LogP contribution in [0.15, 0.2) is 54.1 Å². The molecule has 1 aliphatic heterocycles. The van der Waals surface area contributed by atoms with Crippen LogP contribution in [0.5, 0.6) is 0 Å². The van der Waals surface area contributed by atoms with E-state index in [1.54, 1.807) is 0 Å². The molecule has 0 unspecified atom stereocenters. The minimum Gasteiger partial charge on any atom is -0.272 e. The molecule has 1 saturated heterocycles. The summed E-state index contributed by atoms with van der Waals surface area (Å²) in [5, 5.41) is 24.7. The van der Waals surface area contributed by atoms with Crippen LogP contribution >= 0.6 is 11.6 Å². The number of rotatable bonds is 6. The third-order valence-corrected chi connectivity index (χ3v) is 6.41.